The van der Waals surface area contributed by atoms with Crippen LogP contribution in [0, 0.1) is 0 Å². The molecule has 3 heteroatoms. The van der Waals surface area contributed by atoms with Crippen LogP contribution in [0.5, 0.6) is 0 Å². The van der Waals surface area contributed by atoms with Gasteiger partial charge in [0.1, 0.15) is 6.26 Å². The van der Waals surface area contributed by atoms with Crippen molar-refractivity contribution in [1.82, 2.24) is 4.72 Å². The maximum Gasteiger partial charge on any atom is 0.200 e. The van der Waals surface area contributed by atoms with Crippen molar-refractivity contribution >= 4 is 12.2 Å². The van der Waals surface area contributed by atoms with Crippen LogP contribution in [0.3, 0.4) is 0 Å². The molecule has 1 aliphatic heterocycles. The molecule has 0 spiro atoms. The van der Waals surface area contributed by atoms with Crippen molar-refractivity contribution in [3.05, 3.63) is 12.5 Å². The van der Waals surface area contributed by atoms with Crippen LogP contribution in [0.1, 0.15) is 0 Å². The lowest BCUT2D eigenvalue weighted by Crippen LogP contribution is -1.64. The third-order valence-electron chi connectivity index (χ3n) is 0.263. The molecule has 2 nitrogen and oxygen atoms in total. The highest BCUT2D eigenvalue weighted by Crippen LogP contribution is 2.04. The quantitative estimate of drug-likeness (QED) is 0.320. The average molecular weight is 88.1 g/mol. The van der Waals surface area contributed by atoms with Crippen molar-refractivity contribution < 1.29 is 4.18 Å². The summed E-state index contributed by atoms with van der Waals surface area (Å²) >= 11 is 1.09. The highest BCUT2D eigenvalue weighted by molar-refractivity contribution is 7.92. The van der Waals surface area contributed by atoms with Gasteiger partial charge in [-0.25, -0.2) is 0 Å². The third kappa shape index (κ3) is 0.479. The maximum atomic E-state index is 4.51. The lowest BCUT2D eigenvalue weighted by Gasteiger charge is -1.74. The van der Waals surface area contributed by atoms with Gasteiger partial charge in [-0.05, 0) is 0 Å². The standard InChI is InChI=1S/C2H2NOS/c1-2-4-5-3-1/h1-2H. The van der Waals surface area contributed by atoms with Crippen molar-refractivity contribution in [3.63, 3.8) is 0 Å². The monoisotopic (exact) mass is 88.0 g/mol. The summed E-state index contributed by atoms with van der Waals surface area (Å²) in [6.45, 7) is 0. The molecule has 0 bridgehead atoms. The van der Waals surface area contributed by atoms with Crippen LogP contribution in [0.25, 0.3) is 0 Å². The first-order chi connectivity index (χ1) is 2.50. The Hall–Kier alpha value is -0.310. The largest absolute Gasteiger partial charge is 0.410 e. The normalized spacial score (nSPS) is 17.6. The molecule has 0 N–H and O–H groups in total. The Morgan fingerprint density at radius 1 is 1.80 bits per heavy atom. The zero-order chi connectivity index (χ0) is 3.54. The fourth-order valence-corrected chi connectivity index (χ4v) is 0.373. The Labute approximate surface area is 34.5 Å². The minimum absolute atomic E-state index is 1.09. The van der Waals surface area contributed by atoms with Gasteiger partial charge in [-0.15, -0.1) is 0 Å². The first-order valence-corrected chi connectivity index (χ1v) is 1.87. The third-order valence-corrected chi connectivity index (χ3v) is 0.668. The van der Waals surface area contributed by atoms with E-state index in [-0.39, 0.29) is 0 Å². The number of rotatable bonds is 0. The van der Waals surface area contributed by atoms with E-state index in [1.54, 1.807) is 6.20 Å². The van der Waals surface area contributed by atoms with Gasteiger partial charge in [0.25, 0.3) is 0 Å². The van der Waals surface area contributed by atoms with Crippen molar-refractivity contribution in [2.24, 2.45) is 0 Å². The number of nitrogens with zero attached hydrogens (tertiary/aromatic N) is 1. The Morgan fingerprint density at radius 2 is 2.80 bits per heavy atom. The van der Waals surface area contributed by atoms with E-state index < -0.39 is 0 Å². The molecule has 1 aliphatic rings. The van der Waals surface area contributed by atoms with Gasteiger partial charge in [0.05, 0.1) is 6.20 Å². The molecule has 27 valence electrons. The molecule has 1 rings (SSSR count). The Morgan fingerprint density at radius 3 is 3.00 bits per heavy atom. The SMILES string of the molecule is C1=COS[N]1. The zero-order valence-corrected chi connectivity index (χ0v) is 3.23. The second-order valence-corrected chi connectivity index (χ2v) is 1.11. The fraction of sp³-hybridized carbons (Fsp3) is 0. The molecule has 5 heavy (non-hydrogen) atoms. The van der Waals surface area contributed by atoms with Gasteiger partial charge in [-0.3, -0.25) is 0 Å². The van der Waals surface area contributed by atoms with Crippen LogP contribution >= 0.6 is 12.2 Å². The van der Waals surface area contributed by atoms with Crippen LogP contribution in [-0.2, 0) is 4.18 Å². The second kappa shape index (κ2) is 1.21. The molecule has 0 aromatic carbocycles. The number of hydrogen-bond donors (Lipinski definition) is 0. The van der Waals surface area contributed by atoms with Crippen molar-refractivity contribution in [3.8, 4) is 0 Å². The van der Waals surface area contributed by atoms with Gasteiger partial charge in [0, 0.05) is 0 Å². The topological polar surface area (TPSA) is 23.3 Å². The van der Waals surface area contributed by atoms with E-state index in [4.69, 9.17) is 0 Å². The van der Waals surface area contributed by atoms with E-state index in [1.807, 2.05) is 0 Å². The molecule has 0 aromatic heterocycles. The van der Waals surface area contributed by atoms with Gasteiger partial charge >= 0.3 is 0 Å². The predicted octanol–water partition coefficient (Wildman–Crippen LogP) is 0.655. The summed E-state index contributed by atoms with van der Waals surface area (Å²) in [7, 11) is 0. The molecule has 1 heterocycles. The van der Waals surface area contributed by atoms with Gasteiger partial charge in [0.2, 0.25) is 12.2 Å². The molecule has 0 saturated heterocycles. The molecule has 0 aromatic rings. The molecule has 0 aliphatic carbocycles. The zero-order valence-electron chi connectivity index (χ0n) is 2.42. The summed E-state index contributed by atoms with van der Waals surface area (Å²) in [5, 5.41) is 0. The summed E-state index contributed by atoms with van der Waals surface area (Å²) in [5.74, 6) is 0. The summed E-state index contributed by atoms with van der Waals surface area (Å²) in [6.07, 6.45) is 3.13. The Balaban J connectivity index is 2.32. The predicted molar refractivity (Wildman–Crippen MR) is 19.9 cm³/mol. The Kier molecular flexibility index (Phi) is 0.705. The molecule has 0 unspecified atom stereocenters. The summed E-state index contributed by atoms with van der Waals surface area (Å²) in [5.41, 5.74) is 0. The van der Waals surface area contributed by atoms with Crippen LogP contribution in [-0.4, -0.2) is 0 Å². The molecular formula is C2H2NOS. The summed E-state index contributed by atoms with van der Waals surface area (Å²) < 4.78 is 8.11. The fourth-order valence-electron chi connectivity index (χ4n) is 0.124. The van der Waals surface area contributed by atoms with E-state index in [0.717, 1.165) is 12.2 Å². The minimum Gasteiger partial charge on any atom is -0.410 e. The maximum absolute atomic E-state index is 4.51. The van der Waals surface area contributed by atoms with Crippen LogP contribution in [0.2, 0.25) is 0 Å². The van der Waals surface area contributed by atoms with E-state index in [1.165, 1.54) is 6.26 Å². The second-order valence-electron chi connectivity index (χ2n) is 0.561. The van der Waals surface area contributed by atoms with E-state index in [0.29, 0.717) is 0 Å². The van der Waals surface area contributed by atoms with Gasteiger partial charge in [-0.2, -0.15) is 4.72 Å². The van der Waals surface area contributed by atoms with Gasteiger partial charge in [0.15, 0.2) is 0 Å². The van der Waals surface area contributed by atoms with Gasteiger partial charge in [-0.1, -0.05) is 0 Å². The Bertz CT molecular complexity index is 47.6. The van der Waals surface area contributed by atoms with Gasteiger partial charge < -0.3 is 4.18 Å². The lowest BCUT2D eigenvalue weighted by molar-refractivity contribution is 0.578. The molecule has 1 radical (unpaired) electrons. The van der Waals surface area contributed by atoms with E-state index in [2.05, 4.69) is 8.91 Å². The number of hydrogen-bond acceptors (Lipinski definition) is 2. The molecular weight excluding hydrogens is 86.1 g/mol. The van der Waals surface area contributed by atoms with E-state index >= 15 is 0 Å². The minimum atomic E-state index is 1.09. The highest BCUT2D eigenvalue weighted by Gasteiger charge is 1.86. The molecule has 0 saturated carbocycles. The highest BCUT2D eigenvalue weighted by atomic mass is 32.2. The van der Waals surface area contributed by atoms with E-state index in [9.17, 15) is 0 Å². The average Bonchev–Trinajstić information content (AvgIpc) is 1.76. The summed E-state index contributed by atoms with van der Waals surface area (Å²) in [6, 6.07) is 0. The molecule has 0 fully saturated rings. The molecule has 0 amide bonds. The van der Waals surface area contributed by atoms with Crippen molar-refractivity contribution in [2.75, 3.05) is 0 Å². The first-order valence-electron chi connectivity index (χ1n) is 1.18. The van der Waals surface area contributed by atoms with Crippen molar-refractivity contribution in [2.45, 2.75) is 0 Å². The van der Waals surface area contributed by atoms with Crippen LogP contribution in [0.4, 0.5) is 0 Å². The van der Waals surface area contributed by atoms with Crippen LogP contribution in [0.15, 0.2) is 12.5 Å². The molecule has 0 atom stereocenters. The smallest absolute Gasteiger partial charge is 0.200 e. The van der Waals surface area contributed by atoms with Crippen LogP contribution < -0.4 is 4.72 Å². The lowest BCUT2D eigenvalue weighted by atomic mass is 11.0. The summed E-state index contributed by atoms with van der Waals surface area (Å²) in [4.78, 5) is 0. The van der Waals surface area contributed by atoms with Crippen molar-refractivity contribution in [1.29, 1.82) is 0 Å². The first kappa shape index (κ1) is 2.90.